The Bertz CT molecular complexity index is 854. The fraction of sp³-hybridized carbons (Fsp3) is 0.0769. The van der Waals surface area contributed by atoms with Crippen LogP contribution in [0.3, 0.4) is 0 Å². The molecule has 2 aromatic heterocycles. The molecule has 20 heavy (non-hydrogen) atoms. The number of hydrogen-bond acceptors (Lipinski definition) is 3. The molecule has 0 saturated carbocycles. The highest BCUT2D eigenvalue weighted by atomic mass is 35.5. The van der Waals surface area contributed by atoms with Gasteiger partial charge in [0.25, 0.3) is 0 Å². The molecule has 0 aliphatic rings. The molecule has 1 aromatic carbocycles. The lowest BCUT2D eigenvalue weighted by Crippen LogP contribution is -2.16. The van der Waals surface area contributed by atoms with E-state index in [0.717, 1.165) is 0 Å². The summed E-state index contributed by atoms with van der Waals surface area (Å²) in [5, 5.41) is 1.12. The van der Waals surface area contributed by atoms with Crippen molar-refractivity contribution in [2.75, 3.05) is 0 Å². The van der Waals surface area contributed by atoms with Gasteiger partial charge in [-0.2, -0.15) is 0 Å². The van der Waals surface area contributed by atoms with Gasteiger partial charge in [0.2, 0.25) is 0 Å². The Morgan fingerprint density at radius 3 is 2.70 bits per heavy atom. The topological polar surface area (TPSA) is 48.0 Å². The molecule has 0 spiro atoms. The lowest BCUT2D eigenvalue weighted by atomic mass is 10.2. The first kappa shape index (κ1) is 13.5. The van der Waals surface area contributed by atoms with Gasteiger partial charge in [-0.1, -0.05) is 34.8 Å². The molecular weight excluding hydrogens is 323 g/mol. The van der Waals surface area contributed by atoms with Gasteiger partial charge in [-0.05, 0) is 24.3 Å². The fourth-order valence-corrected chi connectivity index (χ4v) is 2.58. The number of pyridine rings is 1. The van der Waals surface area contributed by atoms with Gasteiger partial charge in [0.1, 0.15) is 0 Å². The normalized spacial score (nSPS) is 11.2. The molecule has 2 heterocycles. The number of benzene rings is 1. The first-order valence-electron chi connectivity index (χ1n) is 5.64. The predicted molar refractivity (Wildman–Crippen MR) is 78.8 cm³/mol. The van der Waals surface area contributed by atoms with E-state index in [1.165, 1.54) is 4.57 Å². The van der Waals surface area contributed by atoms with E-state index >= 15 is 0 Å². The second kappa shape index (κ2) is 5.13. The van der Waals surface area contributed by atoms with Crippen molar-refractivity contribution >= 4 is 46.0 Å². The summed E-state index contributed by atoms with van der Waals surface area (Å²) in [5.41, 5.74) is 1.40. The number of rotatable bonds is 2. The van der Waals surface area contributed by atoms with Crippen molar-refractivity contribution in [3.8, 4) is 0 Å². The van der Waals surface area contributed by atoms with Crippen molar-refractivity contribution in [1.82, 2.24) is 9.55 Å². The highest BCUT2D eigenvalue weighted by Crippen LogP contribution is 2.32. The van der Waals surface area contributed by atoms with Gasteiger partial charge < -0.3 is 4.42 Å². The van der Waals surface area contributed by atoms with Crippen molar-refractivity contribution in [3.05, 3.63) is 61.6 Å². The molecule has 0 atom stereocenters. The average molecular weight is 330 g/mol. The standard InChI is InChI=1S/C13H7Cl3N2O2/c14-8-3-4-9(15)11(16)7(8)6-18-12-10(20-13(18)19)2-1-5-17-12/h1-5H,6H2. The fourth-order valence-electron chi connectivity index (χ4n) is 1.91. The van der Waals surface area contributed by atoms with Crippen LogP contribution in [0.2, 0.25) is 15.1 Å². The van der Waals surface area contributed by atoms with Crippen LogP contribution in [-0.2, 0) is 6.54 Å². The number of halogens is 3. The van der Waals surface area contributed by atoms with E-state index in [1.807, 2.05) is 0 Å². The minimum absolute atomic E-state index is 0.140. The van der Waals surface area contributed by atoms with Crippen LogP contribution in [0.1, 0.15) is 5.56 Å². The summed E-state index contributed by atoms with van der Waals surface area (Å²) in [5.74, 6) is -0.522. The first-order valence-corrected chi connectivity index (χ1v) is 6.78. The minimum atomic E-state index is -0.522. The Labute approximate surface area is 128 Å². The molecule has 0 N–H and O–H groups in total. The second-order valence-electron chi connectivity index (χ2n) is 4.10. The number of hydrogen-bond donors (Lipinski definition) is 0. The molecule has 4 nitrogen and oxygen atoms in total. The molecule has 0 aliphatic carbocycles. The van der Waals surface area contributed by atoms with Crippen molar-refractivity contribution in [3.63, 3.8) is 0 Å². The third-order valence-electron chi connectivity index (χ3n) is 2.88. The van der Waals surface area contributed by atoms with Gasteiger partial charge in [0.05, 0.1) is 16.6 Å². The Kier molecular flexibility index (Phi) is 3.46. The molecule has 0 aliphatic heterocycles. The van der Waals surface area contributed by atoms with E-state index in [4.69, 9.17) is 39.2 Å². The number of fused-ring (bicyclic) bond motifs is 1. The maximum absolute atomic E-state index is 11.9. The Balaban J connectivity index is 2.18. The molecular formula is C13H7Cl3N2O2. The van der Waals surface area contributed by atoms with Crippen molar-refractivity contribution < 1.29 is 4.42 Å². The zero-order valence-electron chi connectivity index (χ0n) is 9.94. The third kappa shape index (κ3) is 2.20. The summed E-state index contributed by atoms with van der Waals surface area (Å²) < 4.78 is 6.47. The highest BCUT2D eigenvalue weighted by molar-refractivity contribution is 6.44. The van der Waals surface area contributed by atoms with E-state index in [-0.39, 0.29) is 6.54 Å². The number of nitrogens with zero attached hydrogens (tertiary/aromatic N) is 2. The maximum Gasteiger partial charge on any atom is 0.421 e. The molecule has 3 rings (SSSR count). The molecule has 0 radical (unpaired) electrons. The van der Waals surface area contributed by atoms with Crippen LogP contribution in [0.25, 0.3) is 11.2 Å². The molecule has 0 saturated heterocycles. The number of oxazole rings is 1. The van der Waals surface area contributed by atoms with Crippen LogP contribution in [0.4, 0.5) is 0 Å². The van der Waals surface area contributed by atoms with Gasteiger partial charge in [-0.3, -0.25) is 4.57 Å². The van der Waals surface area contributed by atoms with Crippen molar-refractivity contribution in [2.45, 2.75) is 6.54 Å². The monoisotopic (exact) mass is 328 g/mol. The Hall–Kier alpha value is -1.49. The molecule has 0 unspecified atom stereocenters. The largest absolute Gasteiger partial charge is 0.421 e. The smallest absolute Gasteiger partial charge is 0.406 e. The van der Waals surface area contributed by atoms with Crippen LogP contribution in [0.15, 0.2) is 39.7 Å². The Morgan fingerprint density at radius 2 is 1.90 bits per heavy atom. The van der Waals surface area contributed by atoms with Crippen LogP contribution < -0.4 is 5.76 Å². The summed E-state index contributed by atoms with van der Waals surface area (Å²) in [7, 11) is 0. The summed E-state index contributed by atoms with van der Waals surface area (Å²) in [4.78, 5) is 16.0. The summed E-state index contributed by atoms with van der Waals surface area (Å²) in [6.45, 7) is 0.140. The van der Waals surface area contributed by atoms with Crippen LogP contribution >= 0.6 is 34.8 Å². The van der Waals surface area contributed by atoms with E-state index in [1.54, 1.807) is 30.5 Å². The van der Waals surface area contributed by atoms with Crippen LogP contribution in [0, 0.1) is 0 Å². The van der Waals surface area contributed by atoms with Gasteiger partial charge in [-0.25, -0.2) is 9.78 Å². The van der Waals surface area contributed by atoms with Crippen LogP contribution in [0.5, 0.6) is 0 Å². The van der Waals surface area contributed by atoms with E-state index in [9.17, 15) is 4.79 Å². The molecule has 102 valence electrons. The van der Waals surface area contributed by atoms with Gasteiger partial charge >= 0.3 is 5.76 Å². The summed E-state index contributed by atoms with van der Waals surface area (Å²) in [6.07, 6.45) is 1.58. The lowest BCUT2D eigenvalue weighted by Gasteiger charge is -2.08. The molecule has 0 amide bonds. The van der Waals surface area contributed by atoms with Gasteiger partial charge in [0, 0.05) is 16.8 Å². The van der Waals surface area contributed by atoms with E-state index < -0.39 is 5.76 Å². The van der Waals surface area contributed by atoms with Crippen LogP contribution in [-0.4, -0.2) is 9.55 Å². The van der Waals surface area contributed by atoms with Crippen molar-refractivity contribution in [2.24, 2.45) is 0 Å². The third-order valence-corrected chi connectivity index (χ3v) is 4.08. The second-order valence-corrected chi connectivity index (χ2v) is 5.29. The van der Waals surface area contributed by atoms with Gasteiger partial charge in [0.15, 0.2) is 11.2 Å². The summed E-state index contributed by atoms with van der Waals surface area (Å²) >= 11 is 18.2. The SMILES string of the molecule is O=c1oc2cccnc2n1Cc1c(Cl)ccc(Cl)c1Cl. The average Bonchev–Trinajstić information content (AvgIpc) is 2.75. The zero-order valence-corrected chi connectivity index (χ0v) is 12.2. The molecule has 3 aromatic rings. The number of aromatic nitrogens is 2. The van der Waals surface area contributed by atoms with E-state index in [0.29, 0.717) is 31.9 Å². The Morgan fingerprint density at radius 1 is 1.15 bits per heavy atom. The van der Waals surface area contributed by atoms with E-state index in [2.05, 4.69) is 4.98 Å². The molecule has 7 heteroatoms. The molecule has 0 bridgehead atoms. The lowest BCUT2D eigenvalue weighted by molar-refractivity contribution is 0.517. The highest BCUT2D eigenvalue weighted by Gasteiger charge is 2.15. The minimum Gasteiger partial charge on any atom is -0.406 e. The van der Waals surface area contributed by atoms with Gasteiger partial charge in [-0.15, -0.1) is 0 Å². The first-order chi connectivity index (χ1) is 9.58. The summed E-state index contributed by atoms with van der Waals surface area (Å²) in [6, 6.07) is 6.59. The molecule has 0 fully saturated rings. The predicted octanol–water partition coefficient (Wildman–Crippen LogP) is 4.00. The zero-order chi connectivity index (χ0) is 14.3. The maximum atomic E-state index is 11.9. The quantitative estimate of drug-likeness (QED) is 0.668. The van der Waals surface area contributed by atoms with Crippen molar-refractivity contribution in [1.29, 1.82) is 0 Å².